The van der Waals surface area contributed by atoms with Crippen LogP contribution in [0.3, 0.4) is 0 Å². The molecule has 0 bridgehead atoms. The third-order valence-electron chi connectivity index (χ3n) is 5.62. The summed E-state index contributed by atoms with van der Waals surface area (Å²) < 4.78 is 0. The second-order valence-electron chi connectivity index (χ2n) is 7.34. The average molecular weight is 343 g/mol. The Bertz CT molecular complexity index is 604. The summed E-state index contributed by atoms with van der Waals surface area (Å²) in [5.74, 6) is 0.0300. The number of likely N-dealkylation sites (N-methyl/N-ethyl adjacent to an activating group) is 1. The van der Waals surface area contributed by atoms with E-state index < -0.39 is 0 Å². The Labute approximate surface area is 150 Å². The van der Waals surface area contributed by atoms with Crippen LogP contribution in [-0.2, 0) is 16.1 Å². The highest BCUT2D eigenvalue weighted by atomic mass is 16.2. The normalized spacial score (nSPS) is 23.8. The van der Waals surface area contributed by atoms with E-state index in [4.69, 9.17) is 0 Å². The zero-order chi connectivity index (χ0) is 17.8. The number of carbonyl (C=O) groups is 2. The van der Waals surface area contributed by atoms with E-state index in [9.17, 15) is 9.59 Å². The molecule has 2 aliphatic heterocycles. The Morgan fingerprint density at radius 2 is 1.76 bits per heavy atom. The van der Waals surface area contributed by atoms with Crippen molar-refractivity contribution in [2.45, 2.75) is 51.2 Å². The molecule has 5 nitrogen and oxygen atoms in total. The second-order valence-corrected chi connectivity index (χ2v) is 7.34. The van der Waals surface area contributed by atoms with Gasteiger partial charge >= 0.3 is 0 Å². The summed E-state index contributed by atoms with van der Waals surface area (Å²) in [4.78, 5) is 30.2. The van der Waals surface area contributed by atoms with Gasteiger partial charge in [0.2, 0.25) is 11.8 Å². The number of amides is 2. The molecule has 2 amide bonds. The fourth-order valence-electron chi connectivity index (χ4n) is 4.21. The minimum atomic E-state index is -0.0596. The monoisotopic (exact) mass is 343 g/mol. The minimum absolute atomic E-state index is 0.0596. The van der Waals surface area contributed by atoms with Crippen LogP contribution in [0.4, 0.5) is 0 Å². The van der Waals surface area contributed by atoms with Crippen LogP contribution in [-0.4, -0.2) is 65.3 Å². The van der Waals surface area contributed by atoms with Crippen LogP contribution < -0.4 is 0 Å². The summed E-state index contributed by atoms with van der Waals surface area (Å²) in [5.41, 5.74) is 1.33. The molecule has 0 aromatic heterocycles. The predicted octanol–water partition coefficient (Wildman–Crippen LogP) is 2.12. The number of hydrogen-bond acceptors (Lipinski definition) is 3. The number of likely N-dealkylation sites (tertiary alicyclic amines) is 2. The molecular weight excluding hydrogens is 314 g/mol. The van der Waals surface area contributed by atoms with Crippen LogP contribution in [0.15, 0.2) is 30.3 Å². The Morgan fingerprint density at radius 1 is 1.08 bits per heavy atom. The second kappa shape index (κ2) is 8.00. The van der Waals surface area contributed by atoms with Gasteiger partial charge in [-0.2, -0.15) is 0 Å². The molecule has 0 saturated carbocycles. The number of nitrogens with zero attached hydrogens (tertiary/aromatic N) is 3. The van der Waals surface area contributed by atoms with E-state index >= 15 is 0 Å². The van der Waals surface area contributed by atoms with Crippen LogP contribution in [0.1, 0.15) is 38.2 Å². The van der Waals surface area contributed by atoms with E-state index in [-0.39, 0.29) is 18.4 Å². The van der Waals surface area contributed by atoms with Crippen molar-refractivity contribution in [3.05, 3.63) is 35.9 Å². The molecule has 136 valence electrons. The van der Waals surface area contributed by atoms with Crippen molar-refractivity contribution in [3.63, 3.8) is 0 Å². The molecule has 2 saturated heterocycles. The molecule has 3 rings (SSSR count). The van der Waals surface area contributed by atoms with Crippen molar-refractivity contribution < 1.29 is 9.59 Å². The summed E-state index contributed by atoms with van der Waals surface area (Å²) in [7, 11) is 1.70. The standard InChI is InChI=1S/C20H29N3O2/c1-16(24)21(2)15-20(25)23-13-7-11-19(23)18-10-6-12-22(18)14-17-8-4-3-5-9-17/h3-5,8-9,18-19H,6-7,10-15H2,1-2H3/t18-,19+/m1/s1. The average Bonchev–Trinajstić information content (AvgIpc) is 3.24. The molecule has 2 fully saturated rings. The summed E-state index contributed by atoms with van der Waals surface area (Å²) in [5, 5.41) is 0. The molecule has 0 aliphatic carbocycles. The summed E-state index contributed by atoms with van der Waals surface area (Å²) in [6.45, 7) is 4.58. The lowest BCUT2D eigenvalue weighted by Crippen LogP contribution is -2.50. The van der Waals surface area contributed by atoms with Crippen LogP contribution >= 0.6 is 0 Å². The maximum absolute atomic E-state index is 12.7. The van der Waals surface area contributed by atoms with Crippen LogP contribution in [0.25, 0.3) is 0 Å². The quantitative estimate of drug-likeness (QED) is 0.823. The molecule has 2 aliphatic rings. The Kier molecular flexibility index (Phi) is 5.74. The molecule has 0 N–H and O–H groups in total. The van der Waals surface area contributed by atoms with Crippen LogP contribution in [0, 0.1) is 0 Å². The number of hydrogen-bond donors (Lipinski definition) is 0. The third kappa shape index (κ3) is 4.21. The summed E-state index contributed by atoms with van der Waals surface area (Å²) >= 11 is 0. The van der Waals surface area contributed by atoms with E-state index in [1.165, 1.54) is 23.8 Å². The van der Waals surface area contributed by atoms with Gasteiger partial charge in [0, 0.05) is 39.1 Å². The first kappa shape index (κ1) is 17.9. The van der Waals surface area contributed by atoms with Crippen LogP contribution in [0.2, 0.25) is 0 Å². The maximum Gasteiger partial charge on any atom is 0.242 e. The molecule has 0 unspecified atom stereocenters. The highest BCUT2D eigenvalue weighted by Crippen LogP contribution is 2.31. The summed E-state index contributed by atoms with van der Waals surface area (Å²) in [6.07, 6.45) is 4.49. The first-order valence-electron chi connectivity index (χ1n) is 9.35. The highest BCUT2D eigenvalue weighted by Gasteiger charge is 2.39. The molecular formula is C20H29N3O2. The topological polar surface area (TPSA) is 43.9 Å². The molecule has 5 heteroatoms. The van der Waals surface area contributed by atoms with E-state index in [1.54, 1.807) is 7.05 Å². The fourth-order valence-corrected chi connectivity index (χ4v) is 4.21. The highest BCUT2D eigenvalue weighted by molar-refractivity contribution is 5.84. The Hall–Kier alpha value is -1.88. The lowest BCUT2D eigenvalue weighted by Gasteiger charge is -2.35. The SMILES string of the molecule is CC(=O)N(C)CC(=O)N1CCC[C@H]1[C@H]1CCCN1Cc1ccccc1. The predicted molar refractivity (Wildman–Crippen MR) is 97.9 cm³/mol. The largest absolute Gasteiger partial charge is 0.337 e. The van der Waals surface area contributed by atoms with Crippen molar-refractivity contribution in [3.8, 4) is 0 Å². The molecule has 2 atom stereocenters. The zero-order valence-corrected chi connectivity index (χ0v) is 15.4. The van der Waals surface area contributed by atoms with Gasteiger partial charge in [0.15, 0.2) is 0 Å². The fraction of sp³-hybridized carbons (Fsp3) is 0.600. The third-order valence-corrected chi connectivity index (χ3v) is 5.62. The van der Waals surface area contributed by atoms with Gasteiger partial charge in [-0.05, 0) is 37.8 Å². The van der Waals surface area contributed by atoms with Gasteiger partial charge in [0.05, 0.1) is 6.54 Å². The minimum Gasteiger partial charge on any atom is -0.337 e. The van der Waals surface area contributed by atoms with Gasteiger partial charge < -0.3 is 9.80 Å². The van der Waals surface area contributed by atoms with Gasteiger partial charge in [-0.15, -0.1) is 0 Å². The Balaban J connectivity index is 1.66. The smallest absolute Gasteiger partial charge is 0.242 e. The number of carbonyl (C=O) groups excluding carboxylic acids is 2. The molecule has 1 aromatic carbocycles. The van der Waals surface area contributed by atoms with E-state index in [1.807, 2.05) is 11.0 Å². The van der Waals surface area contributed by atoms with Gasteiger partial charge in [-0.3, -0.25) is 14.5 Å². The van der Waals surface area contributed by atoms with E-state index in [0.717, 1.165) is 38.9 Å². The number of benzene rings is 1. The summed E-state index contributed by atoms with van der Waals surface area (Å²) in [6, 6.07) is 11.3. The molecule has 0 radical (unpaired) electrons. The first-order valence-corrected chi connectivity index (χ1v) is 9.35. The molecule has 0 spiro atoms. The van der Waals surface area contributed by atoms with Gasteiger partial charge in [-0.25, -0.2) is 0 Å². The van der Waals surface area contributed by atoms with E-state index in [2.05, 4.69) is 29.2 Å². The molecule has 1 aromatic rings. The van der Waals surface area contributed by atoms with Crippen molar-refractivity contribution in [1.29, 1.82) is 0 Å². The lowest BCUT2D eigenvalue weighted by atomic mass is 10.0. The number of rotatable bonds is 5. The van der Waals surface area contributed by atoms with Crippen molar-refractivity contribution >= 4 is 11.8 Å². The van der Waals surface area contributed by atoms with Crippen LogP contribution in [0.5, 0.6) is 0 Å². The van der Waals surface area contributed by atoms with Gasteiger partial charge in [0.1, 0.15) is 0 Å². The van der Waals surface area contributed by atoms with E-state index in [0.29, 0.717) is 12.1 Å². The van der Waals surface area contributed by atoms with Crippen molar-refractivity contribution in [1.82, 2.24) is 14.7 Å². The maximum atomic E-state index is 12.7. The molecule has 2 heterocycles. The zero-order valence-electron chi connectivity index (χ0n) is 15.4. The van der Waals surface area contributed by atoms with Gasteiger partial charge in [0.25, 0.3) is 0 Å². The first-order chi connectivity index (χ1) is 12.1. The van der Waals surface area contributed by atoms with Gasteiger partial charge in [-0.1, -0.05) is 30.3 Å². The lowest BCUT2D eigenvalue weighted by molar-refractivity contribution is -0.139. The molecule has 25 heavy (non-hydrogen) atoms. The van der Waals surface area contributed by atoms with Crippen molar-refractivity contribution in [2.24, 2.45) is 0 Å². The van der Waals surface area contributed by atoms with Crippen molar-refractivity contribution in [2.75, 3.05) is 26.7 Å². The Morgan fingerprint density at radius 3 is 2.48 bits per heavy atom.